The molecule has 1 aliphatic heterocycles. The van der Waals surface area contributed by atoms with Crippen LogP contribution < -0.4 is 11.3 Å². The highest BCUT2D eigenvalue weighted by Gasteiger charge is 2.45. The molecule has 4 unspecified atom stereocenters. The smallest absolute Gasteiger partial charge is 0.278 e. The number of imidazole rings is 1. The SMILES string of the molecule is NC(=O)CSc1nc2c(=O)[nH]cnc2n1C1OC(CO)C(O)C1O. The summed E-state index contributed by atoms with van der Waals surface area (Å²) < 4.78 is 6.77. The number of H-pyrrole nitrogens is 1. The van der Waals surface area contributed by atoms with Crippen LogP contribution in [0.3, 0.4) is 0 Å². The van der Waals surface area contributed by atoms with Crippen molar-refractivity contribution < 1.29 is 24.9 Å². The lowest BCUT2D eigenvalue weighted by Gasteiger charge is -2.18. The van der Waals surface area contributed by atoms with E-state index in [1.54, 1.807) is 0 Å². The minimum Gasteiger partial charge on any atom is -0.394 e. The summed E-state index contributed by atoms with van der Waals surface area (Å²) in [5.74, 6) is -0.711. The maximum atomic E-state index is 11.9. The number of hydrogen-bond donors (Lipinski definition) is 5. The van der Waals surface area contributed by atoms with Gasteiger partial charge >= 0.3 is 0 Å². The zero-order valence-electron chi connectivity index (χ0n) is 12.2. The topological polar surface area (TPSA) is 177 Å². The number of nitrogens with two attached hydrogens (primary N) is 1. The summed E-state index contributed by atoms with van der Waals surface area (Å²) in [7, 11) is 0. The number of aliphatic hydroxyl groups excluding tert-OH is 3. The Morgan fingerprint density at radius 2 is 2.21 bits per heavy atom. The normalized spacial score (nSPS) is 27.0. The molecule has 0 spiro atoms. The molecule has 1 fully saturated rings. The van der Waals surface area contributed by atoms with E-state index in [1.165, 1.54) is 4.57 Å². The van der Waals surface area contributed by atoms with Crippen molar-refractivity contribution in [2.75, 3.05) is 12.4 Å². The molecule has 24 heavy (non-hydrogen) atoms. The Kier molecular flexibility index (Phi) is 4.56. The first kappa shape index (κ1) is 16.9. The van der Waals surface area contributed by atoms with Crippen LogP contribution in [0.5, 0.6) is 0 Å². The minimum atomic E-state index is -1.38. The van der Waals surface area contributed by atoms with Crippen molar-refractivity contribution >= 4 is 28.8 Å². The second-order valence-corrected chi connectivity index (χ2v) is 6.09. The molecule has 0 bridgehead atoms. The van der Waals surface area contributed by atoms with E-state index in [1.807, 2.05) is 0 Å². The number of aliphatic hydroxyl groups is 3. The Morgan fingerprint density at radius 1 is 1.46 bits per heavy atom. The van der Waals surface area contributed by atoms with E-state index in [-0.39, 0.29) is 22.1 Å². The molecule has 0 aromatic carbocycles. The number of aromatic amines is 1. The average molecular weight is 357 g/mol. The highest BCUT2D eigenvalue weighted by molar-refractivity contribution is 7.99. The molecule has 4 atom stereocenters. The third-order valence-corrected chi connectivity index (χ3v) is 4.54. The van der Waals surface area contributed by atoms with Crippen LogP contribution in [0.15, 0.2) is 16.3 Å². The lowest BCUT2D eigenvalue weighted by Crippen LogP contribution is -2.33. The van der Waals surface area contributed by atoms with Crippen molar-refractivity contribution in [2.45, 2.75) is 29.7 Å². The molecule has 1 saturated heterocycles. The van der Waals surface area contributed by atoms with E-state index in [4.69, 9.17) is 10.5 Å². The Labute approximate surface area is 138 Å². The Balaban J connectivity index is 2.11. The zero-order chi connectivity index (χ0) is 17.4. The monoisotopic (exact) mass is 357 g/mol. The van der Waals surface area contributed by atoms with Gasteiger partial charge in [0.15, 0.2) is 22.5 Å². The number of nitrogens with one attached hydrogen (secondary N) is 1. The highest BCUT2D eigenvalue weighted by atomic mass is 32.2. The first-order valence-corrected chi connectivity index (χ1v) is 7.91. The summed E-state index contributed by atoms with van der Waals surface area (Å²) in [6.45, 7) is -0.501. The van der Waals surface area contributed by atoms with Gasteiger partial charge in [-0.2, -0.15) is 0 Å². The summed E-state index contributed by atoms with van der Waals surface area (Å²) in [5.41, 5.74) is 4.72. The predicted octanol–water partition coefficient (Wildman–Crippen LogP) is -2.69. The molecule has 0 saturated carbocycles. The fourth-order valence-corrected chi connectivity index (χ4v) is 3.22. The molecule has 3 rings (SSSR count). The molecule has 2 aromatic rings. The molecule has 0 aliphatic carbocycles. The molecule has 1 aliphatic rings. The van der Waals surface area contributed by atoms with Gasteiger partial charge in [0.1, 0.15) is 18.3 Å². The second-order valence-electron chi connectivity index (χ2n) is 5.15. The third kappa shape index (κ3) is 2.78. The first-order chi connectivity index (χ1) is 11.4. The zero-order valence-corrected chi connectivity index (χ0v) is 13.0. The summed E-state index contributed by atoms with van der Waals surface area (Å²) in [6, 6.07) is 0. The molecule has 6 N–H and O–H groups in total. The van der Waals surface area contributed by atoms with Crippen LogP contribution in [0.25, 0.3) is 11.2 Å². The number of fused-ring (bicyclic) bond motifs is 1. The first-order valence-electron chi connectivity index (χ1n) is 6.93. The van der Waals surface area contributed by atoms with Crippen molar-refractivity contribution in [3.8, 4) is 0 Å². The fourth-order valence-electron chi connectivity index (χ4n) is 2.46. The van der Waals surface area contributed by atoms with Gasteiger partial charge in [-0.3, -0.25) is 14.2 Å². The van der Waals surface area contributed by atoms with E-state index >= 15 is 0 Å². The molecular weight excluding hydrogens is 342 g/mol. The van der Waals surface area contributed by atoms with E-state index < -0.39 is 42.6 Å². The van der Waals surface area contributed by atoms with Crippen LogP contribution >= 0.6 is 11.8 Å². The summed E-state index contributed by atoms with van der Waals surface area (Å²) >= 11 is 0.938. The number of ether oxygens (including phenoxy) is 1. The number of nitrogens with zero attached hydrogens (tertiary/aromatic N) is 3. The van der Waals surface area contributed by atoms with Crippen molar-refractivity contribution in [2.24, 2.45) is 5.73 Å². The Hall–Kier alpha value is -1.99. The fraction of sp³-hybridized carbons (Fsp3) is 0.500. The van der Waals surface area contributed by atoms with E-state index in [0.29, 0.717) is 0 Å². The van der Waals surface area contributed by atoms with Crippen LogP contribution in [-0.4, -0.2) is 71.4 Å². The van der Waals surface area contributed by atoms with Gasteiger partial charge in [-0.15, -0.1) is 0 Å². The van der Waals surface area contributed by atoms with Gasteiger partial charge in [0.25, 0.3) is 5.56 Å². The highest BCUT2D eigenvalue weighted by Crippen LogP contribution is 2.34. The van der Waals surface area contributed by atoms with Gasteiger partial charge in [0, 0.05) is 0 Å². The molecule has 3 heterocycles. The summed E-state index contributed by atoms with van der Waals surface area (Å²) in [6.07, 6.45) is -3.68. The molecule has 12 heteroatoms. The molecular formula is C12H15N5O6S. The van der Waals surface area contributed by atoms with Gasteiger partial charge in [-0.25, -0.2) is 9.97 Å². The number of amides is 1. The molecule has 11 nitrogen and oxygen atoms in total. The minimum absolute atomic E-state index is 0.0118. The van der Waals surface area contributed by atoms with Gasteiger partial charge < -0.3 is 30.8 Å². The number of hydrogen-bond acceptors (Lipinski definition) is 9. The Bertz CT molecular complexity index is 822. The van der Waals surface area contributed by atoms with Crippen LogP contribution in [0.1, 0.15) is 6.23 Å². The second kappa shape index (κ2) is 6.49. The van der Waals surface area contributed by atoms with Crippen LogP contribution in [0, 0.1) is 0 Å². The van der Waals surface area contributed by atoms with E-state index in [2.05, 4.69) is 15.0 Å². The van der Waals surface area contributed by atoms with Gasteiger partial charge in [-0.1, -0.05) is 11.8 Å². The number of thioether (sulfide) groups is 1. The maximum absolute atomic E-state index is 11.9. The van der Waals surface area contributed by atoms with Gasteiger partial charge in [0.05, 0.1) is 18.7 Å². The maximum Gasteiger partial charge on any atom is 0.278 e. The molecule has 2 aromatic heterocycles. The van der Waals surface area contributed by atoms with Gasteiger partial charge in [0.2, 0.25) is 5.91 Å². The predicted molar refractivity (Wildman–Crippen MR) is 81.1 cm³/mol. The third-order valence-electron chi connectivity index (χ3n) is 3.57. The average Bonchev–Trinajstić information content (AvgIpc) is 3.05. The largest absolute Gasteiger partial charge is 0.394 e. The van der Waals surface area contributed by atoms with Crippen molar-refractivity contribution in [3.63, 3.8) is 0 Å². The number of primary amides is 1. The van der Waals surface area contributed by atoms with Crippen LogP contribution in [0.4, 0.5) is 0 Å². The quantitative estimate of drug-likeness (QED) is 0.356. The lowest BCUT2D eigenvalue weighted by atomic mass is 10.1. The van der Waals surface area contributed by atoms with Crippen LogP contribution in [-0.2, 0) is 9.53 Å². The van der Waals surface area contributed by atoms with Crippen molar-refractivity contribution in [3.05, 3.63) is 16.7 Å². The van der Waals surface area contributed by atoms with E-state index in [9.17, 15) is 24.9 Å². The van der Waals surface area contributed by atoms with E-state index in [0.717, 1.165) is 18.1 Å². The van der Waals surface area contributed by atoms with Gasteiger partial charge in [-0.05, 0) is 0 Å². The van der Waals surface area contributed by atoms with Crippen molar-refractivity contribution in [1.29, 1.82) is 0 Å². The number of rotatable bonds is 5. The summed E-state index contributed by atoms with van der Waals surface area (Å²) in [4.78, 5) is 33.4. The molecule has 0 radical (unpaired) electrons. The Morgan fingerprint density at radius 3 is 2.83 bits per heavy atom. The molecule has 130 valence electrons. The van der Waals surface area contributed by atoms with Crippen LogP contribution in [0.2, 0.25) is 0 Å². The lowest BCUT2D eigenvalue weighted by molar-refractivity contribution is -0.115. The number of carbonyl (C=O) groups excluding carboxylic acids is 1. The molecule has 1 amide bonds. The number of aromatic nitrogens is 4. The van der Waals surface area contributed by atoms with Crippen molar-refractivity contribution in [1.82, 2.24) is 19.5 Å². The summed E-state index contributed by atoms with van der Waals surface area (Å²) in [5, 5.41) is 29.5. The number of carbonyl (C=O) groups is 1. The standard InChI is InChI=1S/C12H15N5O6S/c13-5(19)2-24-12-16-6-9(14-3-15-10(6)22)17(12)11-8(21)7(20)4(1-18)23-11/h3-4,7-8,11,18,20-21H,1-2H2,(H2,13,19)(H,14,15,22).